The Hall–Kier alpha value is -2.43. The fourth-order valence-corrected chi connectivity index (χ4v) is 5.97. The summed E-state index contributed by atoms with van der Waals surface area (Å²) in [5.74, 6) is -2.00. The van der Waals surface area contributed by atoms with Crippen LogP contribution in [0.4, 0.5) is 11.4 Å². The maximum absolute atomic E-state index is 12.0. The molecule has 2 aromatic heterocycles. The zero-order chi connectivity index (χ0) is 36.4. The molecule has 1 amide bonds. The maximum atomic E-state index is 12.0. The topological polar surface area (TPSA) is 164 Å². The van der Waals surface area contributed by atoms with Crippen molar-refractivity contribution in [3.63, 3.8) is 0 Å². The molecule has 6 N–H and O–H groups in total. The Morgan fingerprint density at radius 2 is 1.10 bits per heavy atom. The Labute approximate surface area is 353 Å². The molecule has 9 nitrogen and oxygen atoms in total. The second kappa shape index (κ2) is 20.6. The van der Waals surface area contributed by atoms with Crippen molar-refractivity contribution in [1.29, 1.82) is 0 Å². The number of nitrogens with two attached hydrogens (primary N) is 1. The van der Waals surface area contributed by atoms with Gasteiger partial charge in [-0.2, -0.15) is 0 Å². The summed E-state index contributed by atoms with van der Waals surface area (Å²) < 4.78 is 4.01. The third kappa shape index (κ3) is 13.6. The number of aromatic nitrogens is 2. The number of alkyl halides is 1. The molecule has 256 valence electrons. The van der Waals surface area contributed by atoms with Gasteiger partial charge < -0.3 is 36.0 Å². The van der Waals surface area contributed by atoms with E-state index >= 15 is 0 Å². The molecule has 0 radical (unpaired) electrons. The van der Waals surface area contributed by atoms with E-state index in [1.807, 2.05) is 54.6 Å². The van der Waals surface area contributed by atoms with Gasteiger partial charge in [-0.1, -0.05) is 79.6 Å². The van der Waals surface area contributed by atoms with E-state index in [9.17, 15) is 4.79 Å². The molecule has 0 saturated heterocycles. The van der Waals surface area contributed by atoms with Crippen molar-refractivity contribution in [2.75, 3.05) is 11.1 Å². The van der Waals surface area contributed by atoms with Crippen LogP contribution < -0.4 is 45.7 Å². The first-order chi connectivity index (χ1) is 23.0. The van der Waals surface area contributed by atoms with Gasteiger partial charge in [0.1, 0.15) is 0 Å². The number of nitrogens with one attached hydrogen (secondary N) is 3. The van der Waals surface area contributed by atoms with Crippen molar-refractivity contribution in [1.82, 2.24) is 9.97 Å². The van der Waals surface area contributed by atoms with E-state index in [2.05, 4.69) is 125 Å². The van der Waals surface area contributed by atoms with Gasteiger partial charge in [0, 0.05) is 80.8 Å². The van der Waals surface area contributed by atoms with Crippen LogP contribution in [0.1, 0.15) is 20.8 Å². The zero-order valence-electron chi connectivity index (χ0n) is 27.2. The number of H-pyrrole nitrogens is 2. The summed E-state index contributed by atoms with van der Waals surface area (Å²) in [4.78, 5) is 36.5. The third-order valence-corrected chi connectivity index (χ3v) is 8.75. The van der Waals surface area contributed by atoms with Crippen LogP contribution in [0.25, 0.3) is 44.3 Å². The average molecular weight is 1010 g/mol. The van der Waals surface area contributed by atoms with Crippen LogP contribution >= 0.6 is 79.6 Å². The van der Waals surface area contributed by atoms with E-state index in [0.29, 0.717) is 0 Å². The van der Waals surface area contributed by atoms with Gasteiger partial charge in [0.2, 0.25) is 5.91 Å². The van der Waals surface area contributed by atoms with Crippen molar-refractivity contribution in [2.45, 2.75) is 25.6 Å². The molecule has 0 saturated carbocycles. The summed E-state index contributed by atoms with van der Waals surface area (Å²) in [5.41, 5.74) is 13.7. The largest absolute Gasteiger partial charge is 1.00 e. The predicted octanol–water partition coefficient (Wildman–Crippen LogP) is 6.88. The van der Waals surface area contributed by atoms with Gasteiger partial charge >= 0.3 is 29.6 Å². The average Bonchev–Trinajstić information content (AvgIpc) is 3.60. The molecular formula is C35H30Br5N4NaO5. The summed E-state index contributed by atoms with van der Waals surface area (Å²) in [6.07, 6.45) is 0. The molecule has 1 atom stereocenters. The van der Waals surface area contributed by atoms with Crippen LogP contribution in [0.3, 0.4) is 0 Å². The molecule has 0 aliphatic heterocycles. The van der Waals surface area contributed by atoms with E-state index in [0.717, 1.165) is 82.0 Å². The first-order valence-electron chi connectivity index (χ1n) is 14.3. The van der Waals surface area contributed by atoms with Crippen LogP contribution in [-0.2, 0) is 14.4 Å². The SMILES string of the molecule is CC(=O)O.CC(=O)[O-].CC(Br)C(=O)Nc1cc(Br)ccc1-c1cc2cc(Br)ccc2[nH]1.Nc1cc(Br)ccc1-c1cc2cc(Br)ccc2[nH]1.[Na+]. The maximum Gasteiger partial charge on any atom is 1.00 e. The van der Waals surface area contributed by atoms with Gasteiger partial charge in [0.05, 0.1) is 10.5 Å². The number of hydrogen-bond acceptors (Lipinski definition) is 5. The molecule has 4 aromatic carbocycles. The molecule has 0 bridgehead atoms. The number of aromatic amines is 2. The number of aliphatic carboxylic acids is 2. The smallest absolute Gasteiger partial charge is 0.550 e. The Morgan fingerprint density at radius 1 is 0.720 bits per heavy atom. The molecule has 1 unspecified atom stereocenters. The van der Waals surface area contributed by atoms with E-state index in [-0.39, 0.29) is 40.3 Å². The Balaban J connectivity index is 0.000000286. The van der Waals surface area contributed by atoms with Crippen molar-refractivity contribution >= 4 is 131 Å². The molecule has 6 rings (SSSR count). The number of anilines is 2. The molecular weight excluding hydrogens is 979 g/mol. The monoisotopic (exact) mass is 1000 g/mol. The predicted molar refractivity (Wildman–Crippen MR) is 214 cm³/mol. The standard InChI is InChI=1S/C17H13Br3N2O.C14H10Br2N2.2C2H4O2.Na/c1-9(18)17(23)22-16-8-12(20)2-4-13(16)15-7-10-6-11(19)3-5-14(10)21-15;15-9-2-4-13-8(5-9)6-14(18-13)11-3-1-10(16)7-12(11)17;2*1-2(3)4;/h2-9,21H,1H3,(H,22,23);1-7,18H,17H2;2*1H3,(H,3,4);/q;;;;+1/p-1. The zero-order valence-corrected chi connectivity index (χ0v) is 37.1. The number of benzene rings is 4. The number of fused-ring (bicyclic) bond motifs is 2. The number of carboxylic acids is 2. The number of rotatable bonds is 4. The summed E-state index contributed by atoms with van der Waals surface area (Å²) in [6, 6.07) is 28.2. The Morgan fingerprint density at radius 3 is 1.54 bits per heavy atom. The third-order valence-electron chi connectivity index (χ3n) is 6.36. The summed E-state index contributed by atoms with van der Waals surface area (Å²) in [6.45, 7) is 3.85. The second-order valence-electron chi connectivity index (χ2n) is 10.4. The van der Waals surface area contributed by atoms with Gasteiger partial charge in [0.15, 0.2) is 0 Å². The number of nitrogen functional groups attached to an aromatic ring is 1. The normalized spacial score (nSPS) is 10.6. The minimum absolute atomic E-state index is 0. The van der Waals surface area contributed by atoms with Gasteiger partial charge in [-0.25, -0.2) is 0 Å². The van der Waals surface area contributed by atoms with E-state index in [1.54, 1.807) is 6.92 Å². The molecule has 6 aromatic rings. The van der Waals surface area contributed by atoms with Crippen LogP contribution in [0.5, 0.6) is 0 Å². The number of carboxylic acid groups (broad SMARTS) is 2. The van der Waals surface area contributed by atoms with E-state index < -0.39 is 11.9 Å². The first kappa shape index (κ1) is 43.7. The van der Waals surface area contributed by atoms with Crippen molar-refractivity contribution < 1.29 is 54.2 Å². The fourth-order valence-electron chi connectivity index (χ4n) is 4.36. The Bertz CT molecular complexity index is 2100. The van der Waals surface area contributed by atoms with Gasteiger partial charge in [-0.3, -0.25) is 9.59 Å². The molecule has 0 aliphatic carbocycles. The number of carbonyl (C=O) groups excluding carboxylic acids is 2. The molecule has 0 spiro atoms. The molecule has 0 fully saturated rings. The minimum atomic E-state index is -1.08. The number of carbonyl (C=O) groups is 3. The number of hydrogen-bond donors (Lipinski definition) is 5. The first-order valence-corrected chi connectivity index (χ1v) is 18.4. The van der Waals surface area contributed by atoms with Gasteiger partial charge in [-0.15, -0.1) is 0 Å². The van der Waals surface area contributed by atoms with Crippen LogP contribution in [0.15, 0.2) is 103 Å². The van der Waals surface area contributed by atoms with E-state index in [1.165, 1.54) is 5.39 Å². The van der Waals surface area contributed by atoms with Crippen LogP contribution in [0, 0.1) is 0 Å². The van der Waals surface area contributed by atoms with Crippen LogP contribution in [-0.4, -0.2) is 37.7 Å². The number of halogens is 5. The molecule has 2 heterocycles. The summed E-state index contributed by atoms with van der Waals surface area (Å²) >= 11 is 17.1. The second-order valence-corrected chi connectivity index (χ2v) is 15.4. The van der Waals surface area contributed by atoms with Gasteiger partial charge in [-0.05, 0) is 98.8 Å². The quantitative estimate of drug-likeness (QED) is 0.0735. The van der Waals surface area contributed by atoms with Crippen molar-refractivity contribution in [2.24, 2.45) is 0 Å². The molecule has 50 heavy (non-hydrogen) atoms. The molecule has 0 aliphatic rings. The minimum Gasteiger partial charge on any atom is -0.550 e. The van der Waals surface area contributed by atoms with Gasteiger partial charge in [0.25, 0.3) is 5.97 Å². The van der Waals surface area contributed by atoms with E-state index in [4.69, 9.17) is 25.5 Å². The van der Waals surface area contributed by atoms with Crippen molar-refractivity contribution in [3.05, 3.63) is 103 Å². The van der Waals surface area contributed by atoms with Crippen LogP contribution in [0.2, 0.25) is 0 Å². The summed E-state index contributed by atoms with van der Waals surface area (Å²) in [7, 11) is 0. The summed E-state index contributed by atoms with van der Waals surface area (Å²) in [5, 5.41) is 21.5. The Kier molecular flexibility index (Phi) is 18.0. The van der Waals surface area contributed by atoms with Crippen molar-refractivity contribution in [3.8, 4) is 22.5 Å². The number of amides is 1. The fraction of sp³-hybridized carbons (Fsp3) is 0.114. The molecule has 15 heteroatoms.